The smallest absolute Gasteiger partial charge is 0.203 e. The Morgan fingerprint density at radius 1 is 0.871 bits per heavy atom. The van der Waals surface area contributed by atoms with Crippen LogP contribution in [0.5, 0.6) is 23.0 Å². The normalized spacial score (nSPS) is 10.7. The van der Waals surface area contributed by atoms with Gasteiger partial charge in [-0.2, -0.15) is 0 Å². The van der Waals surface area contributed by atoms with Crippen LogP contribution in [-0.2, 0) is 6.54 Å². The molecule has 4 aromatic rings. The maximum atomic E-state index is 5.43. The van der Waals surface area contributed by atoms with Crippen LogP contribution in [0.25, 0.3) is 16.9 Å². The molecule has 4 rings (SSSR count). The molecule has 0 saturated heterocycles. The molecule has 0 amide bonds. The SMILES string of the molecule is COc1cncc(-c2cnc3ccc(NCc4cc(OC)c(OC)c(OC)c4)nn23)c1. The van der Waals surface area contributed by atoms with Gasteiger partial charge in [0.15, 0.2) is 17.1 Å². The molecule has 0 atom stereocenters. The van der Waals surface area contributed by atoms with E-state index in [-0.39, 0.29) is 0 Å². The fourth-order valence-corrected chi connectivity index (χ4v) is 3.27. The van der Waals surface area contributed by atoms with E-state index in [1.54, 1.807) is 51.5 Å². The first-order valence-electron chi connectivity index (χ1n) is 9.53. The van der Waals surface area contributed by atoms with E-state index < -0.39 is 0 Å². The van der Waals surface area contributed by atoms with Crippen LogP contribution in [0, 0.1) is 0 Å². The highest BCUT2D eigenvalue weighted by Gasteiger charge is 2.14. The van der Waals surface area contributed by atoms with E-state index >= 15 is 0 Å². The Balaban J connectivity index is 1.61. The first-order valence-corrected chi connectivity index (χ1v) is 9.53. The monoisotopic (exact) mass is 421 g/mol. The molecule has 0 aliphatic carbocycles. The van der Waals surface area contributed by atoms with Crippen molar-refractivity contribution in [3.8, 4) is 34.3 Å². The van der Waals surface area contributed by atoms with E-state index in [0.29, 0.717) is 35.4 Å². The number of hydrogen-bond donors (Lipinski definition) is 1. The number of aromatic nitrogens is 4. The summed E-state index contributed by atoms with van der Waals surface area (Å²) in [6.07, 6.45) is 5.18. The zero-order valence-corrected chi connectivity index (χ0v) is 17.7. The molecule has 0 aliphatic rings. The number of benzene rings is 1. The number of nitrogens with zero attached hydrogens (tertiary/aromatic N) is 4. The standard InChI is InChI=1S/C22H23N5O4/c1-28-16-9-15(11-23-12-16)17-13-25-21-6-5-20(26-27(17)21)24-10-14-7-18(29-2)22(31-4)19(8-14)30-3/h5-9,11-13H,10H2,1-4H3,(H,24,26). The minimum atomic E-state index is 0.514. The number of fused-ring (bicyclic) bond motifs is 1. The third-order valence-corrected chi connectivity index (χ3v) is 4.81. The van der Waals surface area contributed by atoms with Gasteiger partial charge in [0.1, 0.15) is 11.6 Å². The Hall–Kier alpha value is -4.01. The molecule has 0 aliphatic heterocycles. The average molecular weight is 421 g/mol. The van der Waals surface area contributed by atoms with Gasteiger partial charge in [-0.25, -0.2) is 9.50 Å². The molecule has 3 heterocycles. The van der Waals surface area contributed by atoms with Crippen molar-refractivity contribution >= 4 is 11.5 Å². The van der Waals surface area contributed by atoms with Crippen molar-refractivity contribution in [1.29, 1.82) is 0 Å². The Morgan fingerprint density at radius 3 is 2.32 bits per heavy atom. The molecule has 0 bridgehead atoms. The molecule has 31 heavy (non-hydrogen) atoms. The number of ether oxygens (including phenoxy) is 4. The molecule has 3 aromatic heterocycles. The maximum Gasteiger partial charge on any atom is 0.203 e. The topological polar surface area (TPSA) is 92.0 Å². The van der Waals surface area contributed by atoms with Crippen LogP contribution >= 0.6 is 0 Å². The van der Waals surface area contributed by atoms with Gasteiger partial charge in [-0.05, 0) is 35.9 Å². The number of anilines is 1. The van der Waals surface area contributed by atoms with Crippen LogP contribution in [0.15, 0.2) is 48.9 Å². The van der Waals surface area contributed by atoms with E-state index in [1.807, 2.05) is 30.3 Å². The largest absolute Gasteiger partial charge is 0.495 e. The first kappa shape index (κ1) is 20.3. The second kappa shape index (κ2) is 8.78. The third kappa shape index (κ3) is 4.02. The van der Waals surface area contributed by atoms with E-state index in [4.69, 9.17) is 18.9 Å². The number of hydrogen-bond acceptors (Lipinski definition) is 8. The van der Waals surface area contributed by atoms with Gasteiger partial charge in [-0.15, -0.1) is 5.10 Å². The molecule has 9 heteroatoms. The number of imidazole rings is 1. The fourth-order valence-electron chi connectivity index (χ4n) is 3.27. The lowest BCUT2D eigenvalue weighted by molar-refractivity contribution is 0.324. The summed E-state index contributed by atoms with van der Waals surface area (Å²) < 4.78 is 23.3. The average Bonchev–Trinajstić information content (AvgIpc) is 3.25. The molecule has 9 nitrogen and oxygen atoms in total. The quantitative estimate of drug-likeness (QED) is 0.463. The van der Waals surface area contributed by atoms with Crippen LogP contribution in [0.3, 0.4) is 0 Å². The van der Waals surface area contributed by atoms with Crippen LogP contribution in [0.4, 0.5) is 5.82 Å². The van der Waals surface area contributed by atoms with Gasteiger partial charge in [0.05, 0.1) is 46.5 Å². The van der Waals surface area contributed by atoms with Gasteiger partial charge in [-0.3, -0.25) is 4.98 Å². The van der Waals surface area contributed by atoms with Crippen molar-refractivity contribution in [1.82, 2.24) is 19.6 Å². The summed E-state index contributed by atoms with van der Waals surface area (Å²) in [4.78, 5) is 8.65. The molecule has 1 N–H and O–H groups in total. The second-order valence-electron chi connectivity index (χ2n) is 6.63. The number of rotatable bonds is 8. The molecule has 0 radical (unpaired) electrons. The summed E-state index contributed by atoms with van der Waals surface area (Å²) in [5.74, 6) is 3.12. The zero-order valence-electron chi connectivity index (χ0n) is 17.7. The molecule has 0 saturated carbocycles. The Morgan fingerprint density at radius 2 is 1.65 bits per heavy atom. The first-order chi connectivity index (χ1) is 15.2. The van der Waals surface area contributed by atoms with Crippen LogP contribution in [0.1, 0.15) is 5.56 Å². The van der Waals surface area contributed by atoms with Crippen LogP contribution < -0.4 is 24.3 Å². The van der Waals surface area contributed by atoms with Crippen molar-refractivity contribution in [3.63, 3.8) is 0 Å². The van der Waals surface area contributed by atoms with Crippen LogP contribution in [-0.4, -0.2) is 48.0 Å². The third-order valence-electron chi connectivity index (χ3n) is 4.81. The lowest BCUT2D eigenvalue weighted by Gasteiger charge is -2.14. The zero-order chi connectivity index (χ0) is 21.8. The van der Waals surface area contributed by atoms with Gasteiger partial charge in [0.25, 0.3) is 0 Å². The minimum absolute atomic E-state index is 0.514. The van der Waals surface area contributed by atoms with Crippen molar-refractivity contribution in [2.45, 2.75) is 6.54 Å². The summed E-state index contributed by atoms with van der Waals surface area (Å²) in [6.45, 7) is 0.514. The number of pyridine rings is 1. The predicted molar refractivity (Wildman–Crippen MR) is 116 cm³/mol. The summed E-state index contributed by atoms with van der Waals surface area (Å²) in [7, 11) is 6.38. The summed E-state index contributed by atoms with van der Waals surface area (Å²) >= 11 is 0. The van der Waals surface area contributed by atoms with Gasteiger partial charge in [0, 0.05) is 18.3 Å². The highest BCUT2D eigenvalue weighted by Crippen LogP contribution is 2.38. The van der Waals surface area contributed by atoms with Crippen molar-refractivity contribution < 1.29 is 18.9 Å². The molecule has 160 valence electrons. The van der Waals surface area contributed by atoms with Crippen molar-refractivity contribution in [2.24, 2.45) is 0 Å². The Bertz CT molecular complexity index is 1180. The molecular formula is C22H23N5O4. The van der Waals surface area contributed by atoms with E-state index in [9.17, 15) is 0 Å². The Labute approximate surface area is 179 Å². The lowest BCUT2D eigenvalue weighted by Crippen LogP contribution is -2.06. The van der Waals surface area contributed by atoms with Gasteiger partial charge < -0.3 is 24.3 Å². The minimum Gasteiger partial charge on any atom is -0.495 e. The van der Waals surface area contributed by atoms with E-state index in [0.717, 1.165) is 22.5 Å². The second-order valence-corrected chi connectivity index (χ2v) is 6.63. The number of nitrogens with one attached hydrogen (secondary N) is 1. The fraction of sp³-hybridized carbons (Fsp3) is 0.227. The molecular weight excluding hydrogens is 398 g/mol. The van der Waals surface area contributed by atoms with Crippen molar-refractivity contribution in [2.75, 3.05) is 33.8 Å². The molecule has 0 spiro atoms. The number of methoxy groups -OCH3 is 4. The predicted octanol–water partition coefficient (Wildman–Crippen LogP) is 3.44. The van der Waals surface area contributed by atoms with E-state index in [1.165, 1.54) is 0 Å². The molecule has 0 unspecified atom stereocenters. The lowest BCUT2D eigenvalue weighted by atomic mass is 10.1. The summed E-state index contributed by atoms with van der Waals surface area (Å²) in [6, 6.07) is 9.48. The molecule has 0 fully saturated rings. The van der Waals surface area contributed by atoms with Gasteiger partial charge in [-0.1, -0.05) is 0 Å². The van der Waals surface area contributed by atoms with Crippen molar-refractivity contribution in [3.05, 3.63) is 54.5 Å². The summed E-state index contributed by atoms with van der Waals surface area (Å²) in [5.41, 5.74) is 3.37. The van der Waals surface area contributed by atoms with Gasteiger partial charge >= 0.3 is 0 Å². The highest BCUT2D eigenvalue weighted by atomic mass is 16.5. The molecule has 1 aromatic carbocycles. The summed E-state index contributed by atoms with van der Waals surface area (Å²) in [5, 5.41) is 8.02. The van der Waals surface area contributed by atoms with Gasteiger partial charge in [0.2, 0.25) is 5.75 Å². The maximum absolute atomic E-state index is 5.43. The van der Waals surface area contributed by atoms with Crippen LogP contribution in [0.2, 0.25) is 0 Å². The van der Waals surface area contributed by atoms with E-state index in [2.05, 4.69) is 20.4 Å². The highest BCUT2D eigenvalue weighted by molar-refractivity contribution is 5.64. The Kier molecular flexibility index (Phi) is 5.74.